The SMILES string of the molecule is Cc1[nH]c(Cc2ccccc2)nc1-c1cc(Br)ccc1Br. The van der Waals surface area contributed by atoms with Crippen LogP contribution in [-0.2, 0) is 6.42 Å². The second-order valence-corrected chi connectivity index (χ2v) is 6.71. The molecule has 0 bridgehead atoms. The van der Waals surface area contributed by atoms with Gasteiger partial charge < -0.3 is 4.98 Å². The third-order valence-corrected chi connectivity index (χ3v) is 4.52. The number of hydrogen-bond donors (Lipinski definition) is 1. The zero-order chi connectivity index (χ0) is 14.8. The molecule has 21 heavy (non-hydrogen) atoms. The van der Waals surface area contributed by atoms with E-state index in [1.165, 1.54) is 5.56 Å². The van der Waals surface area contributed by atoms with Crippen LogP contribution in [0.2, 0.25) is 0 Å². The first-order valence-corrected chi connectivity index (χ1v) is 8.27. The van der Waals surface area contributed by atoms with Gasteiger partial charge in [0, 0.05) is 26.6 Å². The molecule has 2 nitrogen and oxygen atoms in total. The van der Waals surface area contributed by atoms with E-state index in [9.17, 15) is 0 Å². The predicted molar refractivity (Wildman–Crippen MR) is 93.4 cm³/mol. The molecule has 3 rings (SSSR count). The number of aromatic nitrogens is 2. The minimum absolute atomic E-state index is 0.813. The molecule has 0 saturated carbocycles. The molecule has 0 atom stereocenters. The molecule has 0 radical (unpaired) electrons. The molecule has 106 valence electrons. The summed E-state index contributed by atoms with van der Waals surface area (Å²) in [5.41, 5.74) is 4.43. The lowest BCUT2D eigenvalue weighted by molar-refractivity contribution is 1.02. The molecule has 1 N–H and O–H groups in total. The topological polar surface area (TPSA) is 28.7 Å². The van der Waals surface area contributed by atoms with Crippen molar-refractivity contribution in [3.05, 3.63) is 74.6 Å². The first kappa shape index (κ1) is 14.5. The van der Waals surface area contributed by atoms with E-state index >= 15 is 0 Å². The summed E-state index contributed by atoms with van der Waals surface area (Å²) in [6, 6.07) is 16.5. The molecule has 0 saturated heterocycles. The number of hydrogen-bond acceptors (Lipinski definition) is 1. The maximum absolute atomic E-state index is 4.77. The van der Waals surface area contributed by atoms with E-state index in [-0.39, 0.29) is 0 Å². The van der Waals surface area contributed by atoms with Crippen LogP contribution < -0.4 is 0 Å². The normalized spacial score (nSPS) is 10.8. The zero-order valence-electron chi connectivity index (χ0n) is 11.5. The lowest BCUT2D eigenvalue weighted by atomic mass is 10.1. The van der Waals surface area contributed by atoms with Gasteiger partial charge in [0.05, 0.1) is 5.69 Å². The highest BCUT2D eigenvalue weighted by atomic mass is 79.9. The number of nitrogens with one attached hydrogen (secondary N) is 1. The maximum atomic E-state index is 4.77. The third-order valence-electron chi connectivity index (χ3n) is 3.33. The quantitative estimate of drug-likeness (QED) is 0.612. The zero-order valence-corrected chi connectivity index (χ0v) is 14.7. The summed E-state index contributed by atoms with van der Waals surface area (Å²) in [6.07, 6.45) is 0.813. The molecule has 4 heteroatoms. The second kappa shape index (κ2) is 6.16. The molecule has 1 heterocycles. The Morgan fingerprint density at radius 3 is 2.57 bits per heavy atom. The minimum Gasteiger partial charge on any atom is -0.345 e. The molecule has 2 aromatic carbocycles. The number of aryl methyl sites for hydroxylation is 1. The van der Waals surface area contributed by atoms with Crippen molar-refractivity contribution in [3.63, 3.8) is 0 Å². The fraction of sp³-hybridized carbons (Fsp3) is 0.118. The van der Waals surface area contributed by atoms with Gasteiger partial charge in [-0.05, 0) is 30.7 Å². The highest BCUT2D eigenvalue weighted by molar-refractivity contribution is 9.11. The fourth-order valence-electron chi connectivity index (χ4n) is 2.34. The lowest BCUT2D eigenvalue weighted by Gasteiger charge is -2.03. The van der Waals surface area contributed by atoms with Crippen molar-refractivity contribution in [2.75, 3.05) is 0 Å². The van der Waals surface area contributed by atoms with E-state index in [0.29, 0.717) is 0 Å². The Morgan fingerprint density at radius 1 is 1.05 bits per heavy atom. The number of benzene rings is 2. The molecule has 0 aliphatic heterocycles. The Bertz CT molecular complexity index is 764. The van der Waals surface area contributed by atoms with Crippen molar-refractivity contribution in [2.45, 2.75) is 13.3 Å². The van der Waals surface area contributed by atoms with Gasteiger partial charge in [-0.2, -0.15) is 0 Å². The number of imidazole rings is 1. The van der Waals surface area contributed by atoms with Gasteiger partial charge >= 0.3 is 0 Å². The molecular formula is C17H14Br2N2. The molecule has 0 fully saturated rings. The highest BCUT2D eigenvalue weighted by Gasteiger charge is 2.12. The van der Waals surface area contributed by atoms with Gasteiger partial charge in [-0.15, -0.1) is 0 Å². The van der Waals surface area contributed by atoms with E-state index in [1.807, 2.05) is 18.2 Å². The molecular weight excluding hydrogens is 392 g/mol. The number of halogens is 2. The Hall–Kier alpha value is -1.39. The van der Waals surface area contributed by atoms with Gasteiger partial charge in [0.2, 0.25) is 0 Å². The fourth-order valence-corrected chi connectivity index (χ4v) is 3.13. The van der Waals surface area contributed by atoms with E-state index in [2.05, 4.69) is 74.1 Å². The van der Waals surface area contributed by atoms with Gasteiger partial charge in [-0.25, -0.2) is 4.98 Å². The van der Waals surface area contributed by atoms with Gasteiger partial charge in [-0.1, -0.05) is 62.2 Å². The van der Waals surface area contributed by atoms with Gasteiger partial charge in [0.15, 0.2) is 0 Å². The number of aromatic amines is 1. The van der Waals surface area contributed by atoms with E-state index in [1.54, 1.807) is 0 Å². The maximum Gasteiger partial charge on any atom is 0.111 e. The summed E-state index contributed by atoms with van der Waals surface area (Å²) < 4.78 is 2.10. The smallest absolute Gasteiger partial charge is 0.111 e. The van der Waals surface area contributed by atoms with Gasteiger partial charge in [0.25, 0.3) is 0 Å². The first-order chi connectivity index (χ1) is 10.1. The van der Waals surface area contributed by atoms with Crippen LogP contribution in [0.25, 0.3) is 11.3 Å². The van der Waals surface area contributed by atoms with Crippen molar-refractivity contribution >= 4 is 31.9 Å². The summed E-state index contributed by atoms with van der Waals surface area (Å²) in [7, 11) is 0. The number of rotatable bonds is 3. The van der Waals surface area contributed by atoms with Crippen molar-refractivity contribution in [1.82, 2.24) is 9.97 Å². The Kier molecular flexibility index (Phi) is 4.27. The summed E-state index contributed by atoms with van der Waals surface area (Å²) in [4.78, 5) is 8.16. The lowest BCUT2D eigenvalue weighted by Crippen LogP contribution is -1.90. The van der Waals surface area contributed by atoms with Crippen LogP contribution in [0.1, 0.15) is 17.1 Å². The van der Waals surface area contributed by atoms with Crippen LogP contribution in [0.5, 0.6) is 0 Å². The summed E-state index contributed by atoms with van der Waals surface area (Å²) >= 11 is 7.12. The average Bonchev–Trinajstić information content (AvgIpc) is 2.83. The predicted octanol–water partition coefficient (Wildman–Crippen LogP) is 5.50. The Balaban J connectivity index is 1.96. The Labute approximate surface area is 140 Å². The van der Waals surface area contributed by atoms with Crippen LogP contribution in [0.15, 0.2) is 57.5 Å². The molecule has 0 unspecified atom stereocenters. The summed E-state index contributed by atoms with van der Waals surface area (Å²) in [6.45, 7) is 2.06. The van der Waals surface area contributed by atoms with Crippen molar-refractivity contribution < 1.29 is 0 Å². The molecule has 0 amide bonds. The van der Waals surface area contributed by atoms with E-state index in [4.69, 9.17) is 4.98 Å². The van der Waals surface area contributed by atoms with E-state index in [0.717, 1.165) is 38.1 Å². The largest absolute Gasteiger partial charge is 0.345 e. The molecule has 0 spiro atoms. The minimum atomic E-state index is 0.813. The van der Waals surface area contributed by atoms with Gasteiger partial charge in [-0.3, -0.25) is 0 Å². The molecule has 1 aromatic heterocycles. The van der Waals surface area contributed by atoms with Crippen LogP contribution in [0.4, 0.5) is 0 Å². The van der Waals surface area contributed by atoms with Crippen LogP contribution in [0, 0.1) is 6.92 Å². The monoisotopic (exact) mass is 404 g/mol. The van der Waals surface area contributed by atoms with Crippen molar-refractivity contribution in [1.29, 1.82) is 0 Å². The van der Waals surface area contributed by atoms with Gasteiger partial charge in [0.1, 0.15) is 5.82 Å². The Morgan fingerprint density at radius 2 is 1.81 bits per heavy atom. The number of nitrogens with zero attached hydrogens (tertiary/aromatic N) is 1. The number of H-pyrrole nitrogens is 1. The standard InChI is InChI=1S/C17H14Br2N2/c1-11-17(14-10-13(18)7-8-15(14)19)21-16(20-11)9-12-5-3-2-4-6-12/h2-8,10H,9H2,1H3,(H,20,21). The summed E-state index contributed by atoms with van der Waals surface area (Å²) in [5.74, 6) is 0.987. The highest BCUT2D eigenvalue weighted by Crippen LogP contribution is 2.32. The van der Waals surface area contributed by atoms with E-state index < -0.39 is 0 Å². The third kappa shape index (κ3) is 3.27. The molecule has 0 aliphatic carbocycles. The van der Waals surface area contributed by atoms with Crippen LogP contribution in [0.3, 0.4) is 0 Å². The average molecular weight is 406 g/mol. The second-order valence-electron chi connectivity index (χ2n) is 4.94. The van der Waals surface area contributed by atoms with Crippen LogP contribution >= 0.6 is 31.9 Å². The molecule has 3 aromatic rings. The first-order valence-electron chi connectivity index (χ1n) is 6.68. The molecule has 0 aliphatic rings. The summed E-state index contributed by atoms with van der Waals surface area (Å²) in [5, 5.41) is 0. The van der Waals surface area contributed by atoms with Crippen molar-refractivity contribution in [3.8, 4) is 11.3 Å². The van der Waals surface area contributed by atoms with Crippen LogP contribution in [-0.4, -0.2) is 9.97 Å². The van der Waals surface area contributed by atoms with Crippen molar-refractivity contribution in [2.24, 2.45) is 0 Å².